The molecule has 0 aromatic carbocycles. The third kappa shape index (κ3) is 3.35. The van der Waals surface area contributed by atoms with Gasteiger partial charge in [-0.1, -0.05) is 18.7 Å². The highest BCUT2D eigenvalue weighted by molar-refractivity contribution is 14.1. The molecule has 0 aromatic rings. The standard InChI is InChI=1S/C11H13F3IN/c1-3-4-9-5-6-16(15)7-10(9)8(2)11(12,13)14/h3-4H,1,5-7H2,2H3/b9-4-,10-8+. The minimum Gasteiger partial charge on any atom is -0.243 e. The van der Waals surface area contributed by atoms with Gasteiger partial charge in [0.05, 0.1) is 0 Å². The van der Waals surface area contributed by atoms with Crippen molar-refractivity contribution in [3.8, 4) is 0 Å². The van der Waals surface area contributed by atoms with E-state index in [1.54, 1.807) is 12.2 Å². The topological polar surface area (TPSA) is 3.24 Å². The van der Waals surface area contributed by atoms with Crippen LogP contribution < -0.4 is 0 Å². The summed E-state index contributed by atoms with van der Waals surface area (Å²) >= 11 is 2.05. The Bertz CT molecular complexity index is 342. The van der Waals surface area contributed by atoms with Gasteiger partial charge < -0.3 is 0 Å². The summed E-state index contributed by atoms with van der Waals surface area (Å²) in [4.78, 5) is 0. The second-order valence-electron chi connectivity index (χ2n) is 3.62. The lowest BCUT2D eigenvalue weighted by Crippen LogP contribution is -2.27. The Balaban J connectivity index is 3.14. The summed E-state index contributed by atoms with van der Waals surface area (Å²) in [6.07, 6.45) is -0.391. The van der Waals surface area contributed by atoms with Gasteiger partial charge in [0.25, 0.3) is 0 Å². The molecule has 0 radical (unpaired) electrons. The minimum absolute atomic E-state index is 0.339. The quantitative estimate of drug-likeness (QED) is 0.513. The maximum atomic E-state index is 12.6. The molecular weight excluding hydrogens is 330 g/mol. The van der Waals surface area contributed by atoms with E-state index < -0.39 is 11.7 Å². The summed E-state index contributed by atoms with van der Waals surface area (Å²) in [6.45, 7) is 5.79. The number of halogens is 4. The zero-order valence-electron chi connectivity index (χ0n) is 8.94. The average molecular weight is 343 g/mol. The molecule has 0 unspecified atom stereocenters. The lowest BCUT2D eigenvalue weighted by Gasteiger charge is -2.27. The summed E-state index contributed by atoms with van der Waals surface area (Å²) in [5, 5.41) is 0. The van der Waals surface area contributed by atoms with Crippen molar-refractivity contribution in [3.63, 3.8) is 0 Å². The number of hydrogen-bond acceptors (Lipinski definition) is 1. The summed E-state index contributed by atoms with van der Waals surface area (Å²) in [7, 11) is 0. The largest absolute Gasteiger partial charge is 0.412 e. The smallest absolute Gasteiger partial charge is 0.243 e. The molecule has 1 nitrogen and oxygen atoms in total. The molecule has 0 spiro atoms. The zero-order chi connectivity index (χ0) is 12.3. The van der Waals surface area contributed by atoms with Crippen LogP contribution in [0.5, 0.6) is 0 Å². The van der Waals surface area contributed by atoms with Crippen molar-refractivity contribution in [3.05, 3.63) is 35.5 Å². The van der Waals surface area contributed by atoms with Crippen molar-refractivity contribution in [1.29, 1.82) is 0 Å². The maximum Gasteiger partial charge on any atom is 0.412 e. The maximum absolute atomic E-state index is 12.6. The van der Waals surface area contributed by atoms with Crippen LogP contribution in [0.1, 0.15) is 13.3 Å². The van der Waals surface area contributed by atoms with Crippen molar-refractivity contribution in [2.75, 3.05) is 13.1 Å². The summed E-state index contributed by atoms with van der Waals surface area (Å²) in [6, 6.07) is 0. The SMILES string of the molecule is C=C/C=C1/CCN(I)C/C1=C(/C)C(F)(F)F. The van der Waals surface area contributed by atoms with Gasteiger partial charge in [-0.05, 0) is 24.5 Å². The van der Waals surface area contributed by atoms with Crippen molar-refractivity contribution >= 4 is 22.9 Å². The Morgan fingerprint density at radius 2 is 2.12 bits per heavy atom. The molecule has 0 atom stereocenters. The highest BCUT2D eigenvalue weighted by Gasteiger charge is 2.34. The van der Waals surface area contributed by atoms with E-state index in [-0.39, 0.29) is 0 Å². The van der Waals surface area contributed by atoms with Crippen molar-refractivity contribution in [2.45, 2.75) is 19.5 Å². The summed E-state index contributed by atoms with van der Waals surface area (Å²) in [5.41, 5.74) is 0.632. The van der Waals surface area contributed by atoms with Crippen LogP contribution in [0, 0.1) is 0 Å². The minimum atomic E-state index is -4.25. The molecule has 0 N–H and O–H groups in total. The van der Waals surface area contributed by atoms with Gasteiger partial charge in [0.1, 0.15) is 0 Å². The molecule has 0 aromatic heterocycles. The van der Waals surface area contributed by atoms with Gasteiger partial charge in [0.15, 0.2) is 0 Å². The van der Waals surface area contributed by atoms with E-state index in [0.717, 1.165) is 19.0 Å². The Hall–Kier alpha value is -0.300. The normalized spacial score (nSPS) is 24.7. The lowest BCUT2D eigenvalue weighted by atomic mass is 9.94. The second kappa shape index (κ2) is 5.35. The molecule has 1 rings (SSSR count). The van der Waals surface area contributed by atoms with Crippen LogP contribution in [-0.4, -0.2) is 22.4 Å². The number of nitrogens with zero attached hydrogens (tertiary/aromatic N) is 1. The fraction of sp³-hybridized carbons (Fsp3) is 0.455. The molecule has 0 amide bonds. The van der Waals surface area contributed by atoms with Gasteiger partial charge in [-0.2, -0.15) is 13.2 Å². The fourth-order valence-electron chi connectivity index (χ4n) is 1.60. The van der Waals surface area contributed by atoms with Crippen molar-refractivity contribution in [2.24, 2.45) is 0 Å². The Morgan fingerprint density at radius 3 is 2.62 bits per heavy atom. The summed E-state index contributed by atoms with van der Waals surface area (Å²) in [5.74, 6) is 0. The van der Waals surface area contributed by atoms with Crippen LogP contribution in [-0.2, 0) is 0 Å². The Labute approximate surface area is 107 Å². The van der Waals surface area contributed by atoms with E-state index in [0.29, 0.717) is 18.5 Å². The molecular formula is C11H13F3IN. The molecule has 1 fully saturated rings. The van der Waals surface area contributed by atoms with Gasteiger partial charge in [-0.15, -0.1) is 0 Å². The predicted molar refractivity (Wildman–Crippen MR) is 67.2 cm³/mol. The summed E-state index contributed by atoms with van der Waals surface area (Å²) < 4.78 is 39.8. The molecule has 1 aliphatic rings. The third-order valence-electron chi connectivity index (χ3n) is 2.54. The van der Waals surface area contributed by atoms with Crippen molar-refractivity contribution in [1.82, 2.24) is 3.11 Å². The molecule has 1 heterocycles. The predicted octanol–water partition coefficient (Wildman–Crippen LogP) is 4.03. The first kappa shape index (κ1) is 13.8. The third-order valence-corrected chi connectivity index (χ3v) is 3.36. The Kier molecular flexibility index (Phi) is 4.61. The molecule has 0 saturated carbocycles. The van der Waals surface area contributed by atoms with Gasteiger partial charge in [-0.25, -0.2) is 3.11 Å². The number of allylic oxidation sites excluding steroid dienone is 3. The Morgan fingerprint density at radius 1 is 1.50 bits per heavy atom. The molecule has 0 bridgehead atoms. The van der Waals surface area contributed by atoms with Crippen molar-refractivity contribution < 1.29 is 13.2 Å². The lowest BCUT2D eigenvalue weighted by molar-refractivity contribution is -0.0922. The molecule has 90 valence electrons. The first-order valence-corrected chi connectivity index (χ1v) is 5.82. The highest BCUT2D eigenvalue weighted by atomic mass is 127. The van der Waals surface area contributed by atoms with Crippen LogP contribution in [0.4, 0.5) is 13.2 Å². The average Bonchev–Trinajstić information content (AvgIpc) is 2.18. The van der Waals surface area contributed by atoms with Gasteiger partial charge in [0, 0.05) is 41.5 Å². The molecule has 1 saturated heterocycles. The van der Waals surface area contributed by atoms with Crippen LogP contribution in [0.2, 0.25) is 0 Å². The highest BCUT2D eigenvalue weighted by Crippen LogP contribution is 2.34. The molecule has 1 aliphatic heterocycles. The number of rotatable bonds is 1. The first-order valence-electron chi connectivity index (χ1n) is 4.86. The molecule has 5 heteroatoms. The number of hydrogen-bond donors (Lipinski definition) is 0. The monoisotopic (exact) mass is 343 g/mol. The van der Waals surface area contributed by atoms with E-state index in [1.165, 1.54) is 0 Å². The van der Waals surface area contributed by atoms with Crippen LogP contribution in [0.25, 0.3) is 0 Å². The van der Waals surface area contributed by atoms with E-state index in [9.17, 15) is 13.2 Å². The van der Waals surface area contributed by atoms with E-state index in [1.807, 2.05) is 3.11 Å². The van der Waals surface area contributed by atoms with E-state index >= 15 is 0 Å². The molecule has 0 aliphatic carbocycles. The van der Waals surface area contributed by atoms with E-state index in [4.69, 9.17) is 0 Å². The van der Waals surface area contributed by atoms with Crippen LogP contribution in [0.15, 0.2) is 35.5 Å². The van der Waals surface area contributed by atoms with Gasteiger partial charge in [-0.3, -0.25) is 0 Å². The first-order chi connectivity index (χ1) is 7.36. The van der Waals surface area contributed by atoms with Crippen LogP contribution in [0.3, 0.4) is 0 Å². The van der Waals surface area contributed by atoms with Gasteiger partial charge in [0.2, 0.25) is 0 Å². The fourth-order valence-corrected chi connectivity index (χ4v) is 2.18. The van der Waals surface area contributed by atoms with E-state index in [2.05, 4.69) is 29.4 Å². The zero-order valence-corrected chi connectivity index (χ0v) is 11.1. The second-order valence-corrected chi connectivity index (χ2v) is 4.99. The molecule has 16 heavy (non-hydrogen) atoms. The number of alkyl halides is 3. The van der Waals surface area contributed by atoms with Crippen LogP contribution >= 0.6 is 22.9 Å². The van der Waals surface area contributed by atoms with Gasteiger partial charge >= 0.3 is 6.18 Å². The number of piperidine rings is 1.